The van der Waals surface area contributed by atoms with Crippen molar-refractivity contribution in [2.75, 3.05) is 55.2 Å². The molecular weight excluding hydrogens is 384 g/mol. The van der Waals surface area contributed by atoms with Crippen molar-refractivity contribution in [2.45, 2.75) is 11.8 Å². The van der Waals surface area contributed by atoms with E-state index in [0.717, 1.165) is 43.3 Å². The Morgan fingerprint density at radius 2 is 1.97 bits per heavy atom. The number of carbonyl (C=O) groups is 2. The van der Waals surface area contributed by atoms with Crippen molar-refractivity contribution in [2.24, 2.45) is 0 Å². The van der Waals surface area contributed by atoms with Gasteiger partial charge in [-0.1, -0.05) is 12.1 Å². The molecule has 0 spiro atoms. The van der Waals surface area contributed by atoms with Gasteiger partial charge in [-0.25, -0.2) is 0 Å². The predicted molar refractivity (Wildman–Crippen MR) is 118 cm³/mol. The van der Waals surface area contributed by atoms with Gasteiger partial charge in [0.2, 0.25) is 5.91 Å². The highest BCUT2D eigenvalue weighted by molar-refractivity contribution is 8.00. The van der Waals surface area contributed by atoms with E-state index in [9.17, 15) is 9.59 Å². The minimum Gasteiger partial charge on any atom is -0.369 e. The van der Waals surface area contributed by atoms with Gasteiger partial charge in [-0.05, 0) is 42.8 Å². The van der Waals surface area contributed by atoms with Crippen LogP contribution in [-0.4, -0.2) is 61.7 Å². The Bertz CT molecular complexity index is 909. The van der Waals surface area contributed by atoms with Crippen LogP contribution < -0.4 is 15.5 Å². The second-order valence-corrected chi connectivity index (χ2v) is 8.49. The van der Waals surface area contributed by atoms with Gasteiger partial charge >= 0.3 is 0 Å². The molecule has 0 radical (unpaired) electrons. The maximum atomic E-state index is 12.5. The Balaban J connectivity index is 1.23. The molecule has 2 aromatic carbocycles. The fourth-order valence-electron chi connectivity index (χ4n) is 3.71. The number of nitrogens with one attached hydrogen (secondary N) is 2. The average molecular weight is 411 g/mol. The van der Waals surface area contributed by atoms with Crippen molar-refractivity contribution in [3.63, 3.8) is 0 Å². The lowest BCUT2D eigenvalue weighted by Crippen LogP contribution is -2.48. The largest absolute Gasteiger partial charge is 0.369 e. The second-order valence-electron chi connectivity index (χ2n) is 7.47. The zero-order valence-electron chi connectivity index (χ0n) is 16.6. The number of nitrogens with zero attached hydrogens (tertiary/aromatic N) is 2. The number of hydrogen-bond acceptors (Lipinski definition) is 5. The molecule has 0 saturated carbocycles. The first-order chi connectivity index (χ1) is 14.1. The van der Waals surface area contributed by atoms with Crippen molar-refractivity contribution in [3.05, 3.63) is 53.6 Å². The molecule has 2 heterocycles. The van der Waals surface area contributed by atoms with Gasteiger partial charge in [-0.3, -0.25) is 14.5 Å². The number of hydrogen-bond donors (Lipinski definition) is 2. The Morgan fingerprint density at radius 1 is 1.14 bits per heavy atom. The van der Waals surface area contributed by atoms with Crippen LogP contribution in [0.2, 0.25) is 0 Å². The summed E-state index contributed by atoms with van der Waals surface area (Å²) in [5.74, 6) is 0.302. The van der Waals surface area contributed by atoms with Crippen LogP contribution in [0.25, 0.3) is 0 Å². The zero-order valence-corrected chi connectivity index (χ0v) is 17.4. The second kappa shape index (κ2) is 8.88. The summed E-state index contributed by atoms with van der Waals surface area (Å²) in [4.78, 5) is 29.8. The first-order valence-electron chi connectivity index (χ1n) is 9.97. The van der Waals surface area contributed by atoms with Gasteiger partial charge in [0.1, 0.15) is 0 Å². The molecule has 2 aliphatic rings. The topological polar surface area (TPSA) is 64.7 Å². The molecule has 152 valence electrons. The molecule has 0 atom stereocenters. The highest BCUT2D eigenvalue weighted by atomic mass is 32.2. The molecule has 2 amide bonds. The third-order valence-electron chi connectivity index (χ3n) is 5.33. The lowest BCUT2D eigenvalue weighted by atomic mass is 10.2. The number of fused-ring (bicyclic) bond motifs is 1. The molecule has 1 saturated heterocycles. The molecule has 1 fully saturated rings. The number of aryl methyl sites for hydroxylation is 1. The SMILES string of the molecule is Cc1cccc(N2CCN(CCNC(=O)c3ccc4c(c3)NC(=O)CS4)CC2)c1. The van der Waals surface area contributed by atoms with E-state index in [1.807, 2.05) is 12.1 Å². The molecule has 2 aromatic rings. The number of carbonyl (C=O) groups excluding carboxylic acids is 2. The highest BCUT2D eigenvalue weighted by Gasteiger charge is 2.19. The molecule has 0 aromatic heterocycles. The summed E-state index contributed by atoms with van der Waals surface area (Å²) in [6, 6.07) is 14.1. The first kappa shape index (κ1) is 19.8. The van der Waals surface area contributed by atoms with Gasteiger partial charge in [0.05, 0.1) is 11.4 Å². The fourth-order valence-corrected chi connectivity index (χ4v) is 4.50. The molecule has 7 heteroatoms. The van der Waals surface area contributed by atoms with Gasteiger partial charge in [0.15, 0.2) is 0 Å². The van der Waals surface area contributed by atoms with E-state index in [1.54, 1.807) is 6.07 Å². The van der Waals surface area contributed by atoms with Crippen LogP contribution in [0.15, 0.2) is 47.4 Å². The minimum absolute atomic E-state index is 0.0233. The van der Waals surface area contributed by atoms with E-state index in [2.05, 4.69) is 51.6 Å². The van der Waals surface area contributed by atoms with Crippen molar-refractivity contribution in [1.82, 2.24) is 10.2 Å². The van der Waals surface area contributed by atoms with Crippen LogP contribution in [-0.2, 0) is 4.79 Å². The van der Waals surface area contributed by atoms with E-state index in [-0.39, 0.29) is 11.8 Å². The maximum absolute atomic E-state index is 12.5. The summed E-state index contributed by atoms with van der Waals surface area (Å²) in [6.07, 6.45) is 0. The van der Waals surface area contributed by atoms with E-state index in [0.29, 0.717) is 17.9 Å². The third-order valence-corrected chi connectivity index (χ3v) is 6.40. The number of amides is 2. The molecule has 6 nitrogen and oxygen atoms in total. The number of rotatable bonds is 5. The fraction of sp³-hybridized carbons (Fsp3) is 0.364. The van der Waals surface area contributed by atoms with Gasteiger partial charge in [0, 0.05) is 55.4 Å². The summed E-state index contributed by atoms with van der Waals surface area (Å²) in [5.41, 5.74) is 3.88. The molecule has 29 heavy (non-hydrogen) atoms. The predicted octanol–water partition coefficient (Wildman–Crippen LogP) is 2.59. The molecule has 0 aliphatic carbocycles. The standard InChI is InChI=1S/C22H26N4O2S/c1-16-3-2-4-18(13-16)26-11-9-25(10-12-26)8-7-23-22(28)17-5-6-20-19(14-17)24-21(27)15-29-20/h2-6,13-14H,7-12,15H2,1H3,(H,23,28)(H,24,27). The molecule has 2 N–H and O–H groups in total. The van der Waals surface area contributed by atoms with E-state index < -0.39 is 0 Å². The van der Waals surface area contributed by atoms with Crippen molar-refractivity contribution < 1.29 is 9.59 Å². The van der Waals surface area contributed by atoms with Crippen LogP contribution in [0.5, 0.6) is 0 Å². The monoisotopic (exact) mass is 410 g/mol. The quantitative estimate of drug-likeness (QED) is 0.793. The molecular formula is C22H26N4O2S. The van der Waals surface area contributed by atoms with E-state index in [4.69, 9.17) is 0 Å². The molecule has 0 bridgehead atoms. The van der Waals surface area contributed by atoms with E-state index in [1.165, 1.54) is 23.0 Å². The van der Waals surface area contributed by atoms with Gasteiger partial charge in [-0.15, -0.1) is 11.8 Å². The summed E-state index contributed by atoms with van der Waals surface area (Å²) >= 11 is 1.50. The lowest BCUT2D eigenvalue weighted by Gasteiger charge is -2.36. The van der Waals surface area contributed by atoms with Crippen molar-refractivity contribution in [3.8, 4) is 0 Å². The lowest BCUT2D eigenvalue weighted by molar-refractivity contribution is -0.113. The summed E-state index contributed by atoms with van der Waals surface area (Å²) in [7, 11) is 0. The van der Waals surface area contributed by atoms with Gasteiger partial charge in [0.25, 0.3) is 5.91 Å². The van der Waals surface area contributed by atoms with Gasteiger partial charge < -0.3 is 15.5 Å². The Hall–Kier alpha value is -2.51. The first-order valence-corrected chi connectivity index (χ1v) is 11.0. The Morgan fingerprint density at radius 3 is 2.76 bits per heavy atom. The number of benzene rings is 2. The van der Waals surface area contributed by atoms with Crippen LogP contribution >= 0.6 is 11.8 Å². The molecule has 2 aliphatic heterocycles. The molecule has 0 unspecified atom stereocenters. The highest BCUT2D eigenvalue weighted by Crippen LogP contribution is 2.31. The summed E-state index contributed by atoms with van der Waals surface area (Å²) < 4.78 is 0. The zero-order chi connectivity index (χ0) is 20.2. The minimum atomic E-state index is -0.101. The smallest absolute Gasteiger partial charge is 0.251 e. The van der Waals surface area contributed by atoms with Crippen molar-refractivity contribution in [1.29, 1.82) is 0 Å². The third kappa shape index (κ3) is 4.92. The van der Waals surface area contributed by atoms with Crippen molar-refractivity contribution >= 4 is 35.0 Å². The van der Waals surface area contributed by atoms with Crippen LogP contribution in [0.1, 0.15) is 15.9 Å². The van der Waals surface area contributed by atoms with E-state index >= 15 is 0 Å². The number of anilines is 2. The summed E-state index contributed by atoms with van der Waals surface area (Å²) in [5, 5.41) is 5.83. The average Bonchev–Trinajstić information content (AvgIpc) is 2.73. The summed E-state index contributed by atoms with van der Waals surface area (Å²) in [6.45, 7) is 7.56. The number of thioether (sulfide) groups is 1. The Labute approximate surface area is 175 Å². The number of piperazine rings is 1. The molecule has 4 rings (SSSR count). The van der Waals surface area contributed by atoms with Crippen LogP contribution in [0.4, 0.5) is 11.4 Å². The van der Waals surface area contributed by atoms with Gasteiger partial charge in [-0.2, -0.15) is 0 Å². The van der Waals surface area contributed by atoms with Crippen LogP contribution in [0, 0.1) is 6.92 Å². The normalized spacial score (nSPS) is 16.9. The Kier molecular flexibility index (Phi) is 6.06. The maximum Gasteiger partial charge on any atom is 0.251 e. The van der Waals surface area contributed by atoms with Crippen LogP contribution in [0.3, 0.4) is 0 Å².